The molecule has 0 radical (unpaired) electrons. The van der Waals surface area contributed by atoms with Gasteiger partial charge in [-0.1, -0.05) is 13.0 Å². The molecule has 114 valence electrons. The number of nitrogens with zero attached hydrogens (tertiary/aromatic N) is 4. The maximum atomic E-state index is 12.1. The van der Waals surface area contributed by atoms with Crippen molar-refractivity contribution in [1.82, 2.24) is 9.78 Å². The van der Waals surface area contributed by atoms with Crippen molar-refractivity contribution in [2.75, 3.05) is 5.32 Å². The fraction of sp³-hybridized carbons (Fsp3) is 0.400. The largest absolute Gasteiger partial charge is 0.310 e. The van der Waals surface area contributed by atoms with Gasteiger partial charge in [0.1, 0.15) is 5.82 Å². The Morgan fingerprint density at radius 2 is 2.09 bits per heavy atom. The van der Waals surface area contributed by atoms with Crippen LogP contribution in [0.1, 0.15) is 31.9 Å². The van der Waals surface area contributed by atoms with Gasteiger partial charge in [0.2, 0.25) is 5.91 Å². The number of hydrogen-bond acceptors (Lipinski definition) is 4. The van der Waals surface area contributed by atoms with Crippen molar-refractivity contribution in [3.05, 3.63) is 23.9 Å². The Balaban J connectivity index is 1.91. The van der Waals surface area contributed by atoms with E-state index in [9.17, 15) is 9.59 Å². The molecule has 0 saturated heterocycles. The van der Waals surface area contributed by atoms with Crippen LogP contribution in [0.25, 0.3) is 0 Å². The van der Waals surface area contributed by atoms with Crippen LogP contribution in [0.3, 0.4) is 0 Å². The van der Waals surface area contributed by atoms with Crippen molar-refractivity contribution in [3.63, 3.8) is 0 Å². The average Bonchev–Trinajstić information content (AvgIpc) is 2.74. The molecule has 2 heterocycles. The third-order valence-electron chi connectivity index (χ3n) is 3.91. The lowest BCUT2D eigenvalue weighted by molar-refractivity contribution is -0.122. The zero-order valence-electron chi connectivity index (χ0n) is 12.6. The number of anilines is 1. The second-order valence-electron chi connectivity index (χ2n) is 5.59. The number of aliphatic imine (C=N–C) groups is 2. The highest BCUT2D eigenvalue weighted by Gasteiger charge is 2.27. The van der Waals surface area contributed by atoms with Crippen molar-refractivity contribution in [2.45, 2.75) is 33.1 Å². The molecule has 0 unspecified atom stereocenters. The molecule has 7 nitrogen and oxygen atoms in total. The predicted octanol–water partition coefficient (Wildman–Crippen LogP) is 1.69. The molecule has 2 aliphatic rings. The summed E-state index contributed by atoms with van der Waals surface area (Å²) in [7, 11) is 0. The zero-order chi connectivity index (χ0) is 15.9. The van der Waals surface area contributed by atoms with Crippen LogP contribution >= 0.6 is 0 Å². The van der Waals surface area contributed by atoms with Gasteiger partial charge >= 0.3 is 0 Å². The molecule has 3 rings (SSSR count). The summed E-state index contributed by atoms with van der Waals surface area (Å²) in [5.41, 5.74) is 1.48. The zero-order valence-corrected chi connectivity index (χ0v) is 12.6. The molecule has 1 saturated carbocycles. The van der Waals surface area contributed by atoms with Crippen molar-refractivity contribution in [1.29, 1.82) is 0 Å². The van der Waals surface area contributed by atoms with Crippen molar-refractivity contribution in [3.8, 4) is 0 Å². The van der Waals surface area contributed by atoms with Gasteiger partial charge in [-0.15, -0.1) is 0 Å². The molecule has 0 atom stereocenters. The topological polar surface area (TPSA) is 88.7 Å². The van der Waals surface area contributed by atoms with Gasteiger partial charge in [0.05, 0.1) is 17.0 Å². The summed E-state index contributed by atoms with van der Waals surface area (Å²) in [6.45, 7) is 7.13. The number of nitrogens with one attached hydrogen (secondary N) is 1. The Bertz CT molecular complexity index is 737. The lowest BCUT2D eigenvalue weighted by Gasteiger charge is -2.24. The molecule has 22 heavy (non-hydrogen) atoms. The van der Waals surface area contributed by atoms with Gasteiger partial charge in [0, 0.05) is 12.0 Å². The fourth-order valence-corrected chi connectivity index (χ4v) is 2.29. The lowest BCUT2D eigenvalue weighted by atomic mass is 9.85. The van der Waals surface area contributed by atoms with Crippen molar-refractivity contribution >= 4 is 29.3 Å². The molecule has 1 N–H and O–H groups in total. The van der Waals surface area contributed by atoms with Gasteiger partial charge in [0.25, 0.3) is 11.9 Å². The maximum absolute atomic E-state index is 12.1. The summed E-state index contributed by atoms with van der Waals surface area (Å²) in [6, 6.07) is 1.73. The first-order valence-electron chi connectivity index (χ1n) is 7.21. The van der Waals surface area contributed by atoms with E-state index in [1.54, 1.807) is 19.9 Å². The summed E-state index contributed by atoms with van der Waals surface area (Å²) in [4.78, 5) is 32.0. The van der Waals surface area contributed by atoms with E-state index in [1.807, 2.05) is 0 Å². The monoisotopic (exact) mass is 299 g/mol. The quantitative estimate of drug-likeness (QED) is 0.843. The van der Waals surface area contributed by atoms with Gasteiger partial charge in [-0.05, 0) is 26.7 Å². The first-order chi connectivity index (χ1) is 10.5. The van der Waals surface area contributed by atoms with Crippen molar-refractivity contribution < 1.29 is 9.59 Å². The summed E-state index contributed by atoms with van der Waals surface area (Å²) >= 11 is 0. The molecule has 1 aromatic rings. The molecule has 0 bridgehead atoms. The number of aryl methyl sites for hydroxylation is 1. The number of carbonyl (C=O) groups excluding carboxylic acids is 2. The molecule has 1 fully saturated rings. The minimum atomic E-state index is -0.438. The summed E-state index contributed by atoms with van der Waals surface area (Å²) in [6.07, 6.45) is 2.91. The Kier molecular flexibility index (Phi) is 3.48. The second-order valence-corrected chi connectivity index (χ2v) is 5.59. The number of amides is 2. The van der Waals surface area contributed by atoms with Gasteiger partial charge in [-0.3, -0.25) is 9.59 Å². The second kappa shape index (κ2) is 5.32. The first kappa shape index (κ1) is 14.4. The Labute approximate surface area is 127 Å². The fourth-order valence-electron chi connectivity index (χ4n) is 2.29. The third kappa shape index (κ3) is 2.49. The molecular weight excluding hydrogens is 282 g/mol. The van der Waals surface area contributed by atoms with Gasteiger partial charge in [-0.2, -0.15) is 14.8 Å². The summed E-state index contributed by atoms with van der Waals surface area (Å²) < 4.78 is 1.39. The van der Waals surface area contributed by atoms with Crippen LogP contribution in [0, 0.1) is 12.8 Å². The Hall–Kier alpha value is -2.57. The third-order valence-corrected chi connectivity index (χ3v) is 3.91. The predicted molar refractivity (Wildman–Crippen MR) is 83.0 cm³/mol. The normalized spacial score (nSPS) is 18.6. The molecule has 7 heteroatoms. The van der Waals surface area contributed by atoms with E-state index in [2.05, 4.69) is 27.0 Å². The number of aromatic nitrogens is 2. The molecule has 0 aromatic carbocycles. The smallest absolute Gasteiger partial charge is 0.281 e. The molecule has 2 amide bonds. The molecular formula is C15H17N5O2. The minimum Gasteiger partial charge on any atom is -0.310 e. The van der Waals surface area contributed by atoms with E-state index < -0.39 is 5.91 Å². The highest BCUT2D eigenvalue weighted by atomic mass is 16.2. The molecule has 1 aromatic heterocycles. The lowest BCUT2D eigenvalue weighted by Crippen LogP contribution is -2.30. The van der Waals surface area contributed by atoms with E-state index in [4.69, 9.17) is 0 Å². The maximum Gasteiger partial charge on any atom is 0.281 e. The van der Waals surface area contributed by atoms with Crippen LogP contribution in [0.15, 0.2) is 28.2 Å². The highest BCUT2D eigenvalue weighted by Crippen LogP contribution is 2.27. The van der Waals surface area contributed by atoms with E-state index >= 15 is 0 Å². The number of carbonyl (C=O) groups is 2. The van der Waals surface area contributed by atoms with Crippen LogP contribution in [-0.2, 0) is 9.59 Å². The highest BCUT2D eigenvalue weighted by molar-refractivity contribution is 6.27. The standard InChI is InChI=1S/C15H17N5O2/c1-8-7-12(17-14(22)11-5-4-6-11)20(19-8)15-16-10(3)9(2)13(21)18-15/h7,11H,2,4-6H2,1,3H3,(H,17,22). The van der Waals surface area contributed by atoms with Gasteiger partial charge in [-0.25, -0.2) is 4.99 Å². The SMILES string of the molecule is C=C1C(=O)N=C(n2nc(C)cc2NC(=O)C2CCC2)N=C1C. The molecule has 0 spiro atoms. The molecule has 1 aliphatic carbocycles. The Morgan fingerprint density at radius 1 is 1.36 bits per heavy atom. The van der Waals surface area contributed by atoms with E-state index in [-0.39, 0.29) is 23.4 Å². The van der Waals surface area contributed by atoms with Crippen LogP contribution in [0.4, 0.5) is 5.82 Å². The van der Waals surface area contributed by atoms with E-state index in [0.717, 1.165) is 19.3 Å². The summed E-state index contributed by atoms with van der Waals surface area (Å²) in [5, 5.41) is 7.12. The average molecular weight is 299 g/mol. The van der Waals surface area contributed by atoms with Crippen LogP contribution in [0.5, 0.6) is 0 Å². The molecule has 1 aliphatic heterocycles. The van der Waals surface area contributed by atoms with Gasteiger partial charge in [0.15, 0.2) is 0 Å². The Morgan fingerprint density at radius 3 is 2.68 bits per heavy atom. The van der Waals surface area contributed by atoms with E-state index in [0.29, 0.717) is 17.2 Å². The van der Waals surface area contributed by atoms with Gasteiger partial charge < -0.3 is 5.32 Å². The first-order valence-corrected chi connectivity index (χ1v) is 7.21. The number of hydrogen-bond donors (Lipinski definition) is 1. The summed E-state index contributed by atoms with van der Waals surface area (Å²) in [5.74, 6) is 0.215. The van der Waals surface area contributed by atoms with Crippen molar-refractivity contribution in [2.24, 2.45) is 15.9 Å². The van der Waals surface area contributed by atoms with Crippen LogP contribution in [-0.4, -0.2) is 33.3 Å². The minimum absolute atomic E-state index is 0.0275. The number of rotatable bonds is 2. The van der Waals surface area contributed by atoms with E-state index in [1.165, 1.54) is 4.68 Å². The van der Waals surface area contributed by atoms with Crippen LogP contribution < -0.4 is 5.32 Å². The van der Waals surface area contributed by atoms with Crippen LogP contribution in [0.2, 0.25) is 0 Å².